The molecule has 1 aromatic heterocycles. The summed E-state index contributed by atoms with van der Waals surface area (Å²) >= 11 is 0. The van der Waals surface area contributed by atoms with E-state index < -0.39 is 0 Å². The molecular weight excluding hydrogens is 252 g/mol. The molecule has 5 heteroatoms. The average Bonchev–Trinajstić information content (AvgIpc) is 2.94. The predicted octanol–water partition coefficient (Wildman–Crippen LogP) is 2.40. The minimum Gasteiger partial charge on any atom is -0.323 e. The lowest BCUT2D eigenvalue weighted by Crippen LogP contribution is -2.07. The van der Waals surface area contributed by atoms with Gasteiger partial charge in [-0.2, -0.15) is 5.10 Å². The first kappa shape index (κ1) is 13.7. The van der Waals surface area contributed by atoms with Crippen molar-refractivity contribution in [2.45, 2.75) is 13.5 Å². The second kappa shape index (κ2) is 7.04. The Hall–Kier alpha value is -2.69. The smallest absolute Gasteiger partial charge is 0.248 e. The monoisotopic (exact) mass is 268 g/mol. The number of anilines is 1. The molecular formula is C15H16N4O. The molecule has 0 atom stereocenters. The fraction of sp³-hybridized carbons (Fsp3) is 0.133. The molecule has 5 nitrogen and oxygen atoms in total. The molecule has 1 heterocycles. The van der Waals surface area contributed by atoms with E-state index >= 15 is 0 Å². The molecule has 0 radical (unpaired) electrons. The van der Waals surface area contributed by atoms with Crippen LogP contribution in [0, 0.1) is 0 Å². The van der Waals surface area contributed by atoms with Crippen molar-refractivity contribution in [3.05, 3.63) is 66.8 Å². The zero-order chi connectivity index (χ0) is 14.2. The number of carbonyl (C=O) groups excluding carboxylic acids is 1. The largest absolute Gasteiger partial charge is 0.323 e. The summed E-state index contributed by atoms with van der Waals surface area (Å²) in [7, 11) is 0. The molecule has 102 valence electrons. The number of hydrogen-bond acceptors (Lipinski definition) is 3. The summed E-state index contributed by atoms with van der Waals surface area (Å²) in [5, 5.41) is 6.84. The van der Waals surface area contributed by atoms with Crippen LogP contribution in [0.25, 0.3) is 0 Å². The van der Waals surface area contributed by atoms with Crippen molar-refractivity contribution in [3.63, 3.8) is 0 Å². The highest BCUT2D eigenvalue weighted by Gasteiger charge is 1.99. The van der Waals surface area contributed by atoms with Crippen LogP contribution in [0.1, 0.15) is 12.5 Å². The van der Waals surface area contributed by atoms with E-state index in [1.165, 1.54) is 12.4 Å². The van der Waals surface area contributed by atoms with E-state index in [4.69, 9.17) is 0 Å². The van der Waals surface area contributed by atoms with Gasteiger partial charge in [0, 0.05) is 11.8 Å². The molecule has 0 aliphatic carbocycles. The standard InChI is InChI=1S/C15H16N4O/c1-2-3-4-5-15(20)18-14-8-6-13(7-9-14)10-19-12-16-11-17-19/h2-9,11-12H,10H2,1H3,(H,18,20)/b3-2+,5-4+. The third-order valence-corrected chi connectivity index (χ3v) is 2.58. The number of benzene rings is 1. The zero-order valence-corrected chi connectivity index (χ0v) is 11.2. The predicted molar refractivity (Wildman–Crippen MR) is 78.1 cm³/mol. The van der Waals surface area contributed by atoms with Gasteiger partial charge in [-0.05, 0) is 24.6 Å². The molecule has 0 fully saturated rings. The Labute approximate surface area is 117 Å². The van der Waals surface area contributed by atoms with Crippen LogP contribution < -0.4 is 5.32 Å². The highest BCUT2D eigenvalue weighted by molar-refractivity contribution is 5.99. The Bertz CT molecular complexity index is 597. The highest BCUT2D eigenvalue weighted by atomic mass is 16.1. The van der Waals surface area contributed by atoms with E-state index in [1.54, 1.807) is 23.2 Å². The van der Waals surface area contributed by atoms with Crippen molar-refractivity contribution in [2.75, 3.05) is 5.32 Å². The molecule has 1 N–H and O–H groups in total. The van der Waals surface area contributed by atoms with Crippen LogP contribution in [0.5, 0.6) is 0 Å². The quantitative estimate of drug-likeness (QED) is 0.669. The normalized spacial score (nSPS) is 11.2. The summed E-state index contributed by atoms with van der Waals surface area (Å²) < 4.78 is 1.74. The molecule has 2 aromatic rings. The second-order valence-corrected chi connectivity index (χ2v) is 4.16. The SMILES string of the molecule is C/C=C/C=C/C(=O)Nc1ccc(Cn2cncn2)cc1. The molecule has 0 spiro atoms. The summed E-state index contributed by atoms with van der Waals surface area (Å²) in [6, 6.07) is 7.64. The first-order valence-electron chi connectivity index (χ1n) is 6.29. The Morgan fingerprint density at radius 1 is 1.30 bits per heavy atom. The molecule has 20 heavy (non-hydrogen) atoms. The molecule has 1 aromatic carbocycles. The Morgan fingerprint density at radius 3 is 2.75 bits per heavy atom. The summed E-state index contributed by atoms with van der Waals surface area (Å²) in [6.07, 6.45) is 10.0. The molecule has 0 bridgehead atoms. The van der Waals surface area contributed by atoms with Crippen molar-refractivity contribution in [3.8, 4) is 0 Å². The van der Waals surface area contributed by atoms with Crippen LogP contribution in [0.2, 0.25) is 0 Å². The molecule has 0 unspecified atom stereocenters. The minimum atomic E-state index is -0.146. The van der Waals surface area contributed by atoms with Crippen LogP contribution in [-0.2, 0) is 11.3 Å². The van der Waals surface area contributed by atoms with Gasteiger partial charge in [0.25, 0.3) is 0 Å². The van der Waals surface area contributed by atoms with Crippen molar-refractivity contribution in [1.82, 2.24) is 14.8 Å². The fourth-order valence-corrected chi connectivity index (χ4v) is 1.63. The average molecular weight is 268 g/mol. The van der Waals surface area contributed by atoms with Gasteiger partial charge >= 0.3 is 0 Å². The summed E-state index contributed by atoms with van der Waals surface area (Å²) in [5.74, 6) is -0.146. The Balaban J connectivity index is 1.93. The molecule has 0 aliphatic rings. The molecule has 0 saturated heterocycles. The number of nitrogens with one attached hydrogen (secondary N) is 1. The lowest BCUT2D eigenvalue weighted by molar-refractivity contribution is -0.111. The number of allylic oxidation sites excluding steroid dienone is 3. The van der Waals surface area contributed by atoms with Crippen molar-refractivity contribution >= 4 is 11.6 Å². The molecule has 0 saturated carbocycles. The van der Waals surface area contributed by atoms with E-state index in [9.17, 15) is 4.79 Å². The van der Waals surface area contributed by atoms with Crippen molar-refractivity contribution in [2.24, 2.45) is 0 Å². The number of rotatable bonds is 5. The van der Waals surface area contributed by atoms with Gasteiger partial charge in [-0.1, -0.05) is 30.4 Å². The maximum atomic E-state index is 11.6. The number of nitrogens with zero attached hydrogens (tertiary/aromatic N) is 3. The van der Waals surface area contributed by atoms with Gasteiger partial charge < -0.3 is 5.32 Å². The zero-order valence-electron chi connectivity index (χ0n) is 11.2. The van der Waals surface area contributed by atoms with Crippen LogP contribution >= 0.6 is 0 Å². The number of aromatic nitrogens is 3. The molecule has 2 rings (SSSR count). The van der Waals surface area contributed by atoms with Crippen LogP contribution in [0.15, 0.2) is 61.2 Å². The molecule has 1 amide bonds. The fourth-order valence-electron chi connectivity index (χ4n) is 1.63. The van der Waals surface area contributed by atoms with Crippen molar-refractivity contribution < 1.29 is 4.79 Å². The first-order valence-corrected chi connectivity index (χ1v) is 6.29. The number of hydrogen-bond donors (Lipinski definition) is 1. The Kier molecular flexibility index (Phi) is 4.83. The van der Waals surface area contributed by atoms with Gasteiger partial charge in [-0.25, -0.2) is 9.67 Å². The lowest BCUT2D eigenvalue weighted by Gasteiger charge is -2.04. The topological polar surface area (TPSA) is 59.8 Å². The van der Waals surface area contributed by atoms with Gasteiger partial charge in [0.2, 0.25) is 5.91 Å². The van der Waals surface area contributed by atoms with E-state index in [-0.39, 0.29) is 5.91 Å². The van der Waals surface area contributed by atoms with Gasteiger partial charge in [0.15, 0.2) is 0 Å². The maximum absolute atomic E-state index is 11.6. The van der Waals surface area contributed by atoms with Crippen molar-refractivity contribution in [1.29, 1.82) is 0 Å². The van der Waals surface area contributed by atoms with Gasteiger partial charge in [0.1, 0.15) is 12.7 Å². The summed E-state index contributed by atoms with van der Waals surface area (Å²) in [6.45, 7) is 2.56. The Morgan fingerprint density at radius 2 is 2.10 bits per heavy atom. The van der Waals surface area contributed by atoms with E-state index in [0.717, 1.165) is 11.3 Å². The second-order valence-electron chi connectivity index (χ2n) is 4.16. The van der Waals surface area contributed by atoms with Gasteiger partial charge in [0.05, 0.1) is 6.54 Å². The summed E-state index contributed by atoms with van der Waals surface area (Å²) in [4.78, 5) is 15.5. The number of amides is 1. The van der Waals surface area contributed by atoms with Gasteiger partial charge in [-0.15, -0.1) is 0 Å². The van der Waals surface area contributed by atoms with E-state index in [2.05, 4.69) is 15.4 Å². The summed E-state index contributed by atoms with van der Waals surface area (Å²) in [5.41, 5.74) is 1.86. The third kappa shape index (κ3) is 4.20. The maximum Gasteiger partial charge on any atom is 0.248 e. The van der Waals surface area contributed by atoms with E-state index in [0.29, 0.717) is 6.54 Å². The van der Waals surface area contributed by atoms with Crippen LogP contribution in [-0.4, -0.2) is 20.7 Å². The van der Waals surface area contributed by atoms with Crippen LogP contribution in [0.4, 0.5) is 5.69 Å². The minimum absolute atomic E-state index is 0.146. The number of carbonyl (C=O) groups is 1. The lowest BCUT2D eigenvalue weighted by atomic mass is 10.2. The highest BCUT2D eigenvalue weighted by Crippen LogP contribution is 2.10. The molecule has 0 aliphatic heterocycles. The van der Waals surface area contributed by atoms with Gasteiger partial charge in [-0.3, -0.25) is 4.79 Å². The third-order valence-electron chi connectivity index (χ3n) is 2.58. The first-order chi connectivity index (χ1) is 9.78. The van der Waals surface area contributed by atoms with E-state index in [1.807, 2.05) is 37.3 Å². The van der Waals surface area contributed by atoms with Crippen LogP contribution in [0.3, 0.4) is 0 Å².